The maximum absolute atomic E-state index is 13.7. The fraction of sp³-hybridized carbons (Fsp3) is 0.474. The summed E-state index contributed by atoms with van der Waals surface area (Å²) in [6.07, 6.45) is -0.844. The fourth-order valence-electron chi connectivity index (χ4n) is 4.47. The monoisotopic (exact) mass is 772 g/mol. The van der Waals surface area contributed by atoms with E-state index < -0.39 is 99.6 Å². The number of sulfone groups is 1. The summed E-state index contributed by atoms with van der Waals surface area (Å²) in [5.74, 6) is -4.06. The number of amides is 4. The largest absolute Gasteiger partial charge is 0.460 e. The van der Waals surface area contributed by atoms with Gasteiger partial charge in [0, 0.05) is 5.41 Å². The summed E-state index contributed by atoms with van der Waals surface area (Å²) in [6.45, 7) is 12.1. The molecule has 16 heteroatoms. The average Bonchev–Trinajstić information content (AvgIpc) is 3.06. The molecule has 0 aliphatic heterocycles. The van der Waals surface area contributed by atoms with Gasteiger partial charge < -0.3 is 35.5 Å². The van der Waals surface area contributed by atoms with E-state index in [1.54, 1.807) is 102 Å². The van der Waals surface area contributed by atoms with Crippen LogP contribution < -0.4 is 21.3 Å². The third-order valence-corrected chi connectivity index (χ3v) is 8.88. The summed E-state index contributed by atoms with van der Waals surface area (Å²) >= 11 is 0. The van der Waals surface area contributed by atoms with Crippen LogP contribution >= 0.6 is 0 Å². The van der Waals surface area contributed by atoms with E-state index in [1.807, 2.05) is 0 Å². The molecule has 0 saturated heterocycles. The second kappa shape index (κ2) is 20.3. The van der Waals surface area contributed by atoms with Crippen LogP contribution in [0.15, 0.2) is 72.1 Å². The van der Waals surface area contributed by atoms with E-state index in [9.17, 15) is 37.2 Å². The number of rotatable bonds is 17. The Hall–Kier alpha value is -5.25. The third kappa shape index (κ3) is 17.5. The van der Waals surface area contributed by atoms with E-state index in [0.717, 1.165) is 11.5 Å². The highest BCUT2D eigenvalue weighted by molar-refractivity contribution is 7.94. The Morgan fingerprint density at radius 3 is 1.80 bits per heavy atom. The maximum atomic E-state index is 13.7. The molecule has 2 aromatic carbocycles. The molecule has 0 aliphatic carbocycles. The second-order valence-electron chi connectivity index (χ2n) is 14.6. The van der Waals surface area contributed by atoms with Gasteiger partial charge in [0.25, 0.3) is 0 Å². The molecule has 2 aromatic rings. The SMILES string of the molecule is CC(C)S(=O)(=O)/C=C/[C@H](CC(=O)OC(C)(C)C)NC(=O)CNC(=O)[C@@H](NC(=O)[C@H](CC(=O)OC(C)(C)C)NC(=O)OCc1ccccc1)c1ccccc1. The highest BCUT2D eigenvalue weighted by Crippen LogP contribution is 2.16. The molecule has 54 heavy (non-hydrogen) atoms. The van der Waals surface area contributed by atoms with Crippen LogP contribution in [0.5, 0.6) is 0 Å². The fourth-order valence-corrected chi connectivity index (χ4v) is 5.20. The predicted octanol–water partition coefficient (Wildman–Crippen LogP) is 3.54. The Labute approximate surface area is 316 Å². The van der Waals surface area contributed by atoms with E-state index in [1.165, 1.54) is 13.8 Å². The number of hydrogen-bond acceptors (Lipinski definition) is 11. The molecule has 15 nitrogen and oxygen atoms in total. The first-order valence-electron chi connectivity index (χ1n) is 17.3. The van der Waals surface area contributed by atoms with Crippen LogP contribution in [-0.2, 0) is 54.6 Å². The number of alkyl carbamates (subject to hydrolysis) is 1. The Balaban J connectivity index is 2.25. The summed E-state index contributed by atoms with van der Waals surface area (Å²) in [5.41, 5.74) is -0.758. The molecule has 0 fully saturated rings. The van der Waals surface area contributed by atoms with Gasteiger partial charge in [-0.3, -0.25) is 24.0 Å². The van der Waals surface area contributed by atoms with Crippen molar-refractivity contribution in [3.63, 3.8) is 0 Å². The predicted molar refractivity (Wildman–Crippen MR) is 200 cm³/mol. The molecular formula is C38H52N4O11S. The van der Waals surface area contributed by atoms with Crippen LogP contribution in [0.25, 0.3) is 0 Å². The quantitative estimate of drug-likeness (QED) is 0.135. The minimum atomic E-state index is -3.68. The lowest BCUT2D eigenvalue weighted by atomic mass is 10.0. The number of nitrogens with one attached hydrogen (secondary N) is 4. The van der Waals surface area contributed by atoms with Gasteiger partial charge in [-0.05, 0) is 66.5 Å². The number of carbonyl (C=O) groups excluding carboxylic acids is 6. The van der Waals surface area contributed by atoms with E-state index in [-0.39, 0.29) is 6.61 Å². The number of hydrogen-bond donors (Lipinski definition) is 4. The number of carbonyl (C=O) groups is 6. The molecule has 0 aromatic heterocycles. The Morgan fingerprint density at radius 2 is 1.26 bits per heavy atom. The van der Waals surface area contributed by atoms with E-state index in [0.29, 0.717) is 11.1 Å². The molecule has 0 radical (unpaired) electrons. The van der Waals surface area contributed by atoms with Gasteiger partial charge in [0.05, 0.1) is 30.7 Å². The number of ether oxygens (including phenoxy) is 3. The maximum Gasteiger partial charge on any atom is 0.408 e. The summed E-state index contributed by atoms with van der Waals surface area (Å²) in [4.78, 5) is 78.4. The van der Waals surface area contributed by atoms with Gasteiger partial charge in [-0.15, -0.1) is 0 Å². The second-order valence-corrected chi connectivity index (χ2v) is 16.9. The first-order chi connectivity index (χ1) is 25.0. The van der Waals surface area contributed by atoms with Crippen molar-refractivity contribution in [2.75, 3.05) is 6.54 Å². The molecular weight excluding hydrogens is 721 g/mol. The van der Waals surface area contributed by atoms with Crippen molar-refractivity contribution in [3.8, 4) is 0 Å². The van der Waals surface area contributed by atoms with Gasteiger partial charge in [0.2, 0.25) is 17.7 Å². The molecule has 0 saturated carbocycles. The van der Waals surface area contributed by atoms with Crippen molar-refractivity contribution in [2.24, 2.45) is 0 Å². The van der Waals surface area contributed by atoms with Crippen molar-refractivity contribution in [2.45, 2.75) is 109 Å². The van der Waals surface area contributed by atoms with Crippen molar-refractivity contribution in [1.82, 2.24) is 21.3 Å². The molecule has 0 bridgehead atoms. The Bertz CT molecular complexity index is 1730. The highest BCUT2D eigenvalue weighted by Gasteiger charge is 2.32. The molecule has 296 valence electrons. The van der Waals surface area contributed by atoms with E-state index >= 15 is 0 Å². The van der Waals surface area contributed by atoms with Crippen molar-refractivity contribution < 1.29 is 51.4 Å². The molecule has 0 aliphatic rings. The molecule has 0 spiro atoms. The van der Waals surface area contributed by atoms with Crippen LogP contribution in [-0.4, -0.2) is 79.3 Å². The zero-order chi connectivity index (χ0) is 40.7. The zero-order valence-electron chi connectivity index (χ0n) is 32.0. The number of benzene rings is 2. The highest BCUT2D eigenvalue weighted by atomic mass is 32.2. The van der Waals surface area contributed by atoms with Crippen LogP contribution in [0.2, 0.25) is 0 Å². The molecule has 0 unspecified atom stereocenters. The molecule has 0 heterocycles. The van der Waals surface area contributed by atoms with Gasteiger partial charge in [-0.2, -0.15) is 0 Å². The van der Waals surface area contributed by atoms with Crippen molar-refractivity contribution in [3.05, 3.63) is 83.3 Å². The third-order valence-electron chi connectivity index (χ3n) is 7.03. The lowest BCUT2D eigenvalue weighted by molar-refractivity contribution is -0.157. The minimum Gasteiger partial charge on any atom is -0.460 e. The minimum absolute atomic E-state index is 0.119. The van der Waals surface area contributed by atoms with Gasteiger partial charge in [-0.1, -0.05) is 66.7 Å². The van der Waals surface area contributed by atoms with Crippen molar-refractivity contribution in [1.29, 1.82) is 0 Å². The smallest absolute Gasteiger partial charge is 0.408 e. The van der Waals surface area contributed by atoms with Gasteiger partial charge >= 0.3 is 18.0 Å². The van der Waals surface area contributed by atoms with Gasteiger partial charge in [0.15, 0.2) is 9.84 Å². The first-order valence-corrected chi connectivity index (χ1v) is 18.9. The van der Waals surface area contributed by atoms with Crippen LogP contribution in [0.1, 0.15) is 85.4 Å². The van der Waals surface area contributed by atoms with E-state index in [4.69, 9.17) is 14.2 Å². The van der Waals surface area contributed by atoms with Crippen LogP contribution in [0.4, 0.5) is 4.79 Å². The number of esters is 2. The zero-order valence-corrected chi connectivity index (χ0v) is 32.8. The lowest BCUT2D eigenvalue weighted by Gasteiger charge is -2.25. The summed E-state index contributed by atoms with van der Waals surface area (Å²) in [7, 11) is -3.68. The molecule has 3 atom stereocenters. The summed E-state index contributed by atoms with van der Waals surface area (Å²) in [6, 6.07) is 12.7. The summed E-state index contributed by atoms with van der Waals surface area (Å²) < 4.78 is 40.7. The molecule has 4 amide bonds. The first kappa shape index (κ1) is 44.9. The van der Waals surface area contributed by atoms with Crippen LogP contribution in [0.3, 0.4) is 0 Å². The molecule has 2 rings (SSSR count). The lowest BCUT2D eigenvalue weighted by Crippen LogP contribution is -2.52. The Kier molecular flexibility index (Phi) is 16.9. The summed E-state index contributed by atoms with van der Waals surface area (Å²) in [5, 5.41) is 10.0. The van der Waals surface area contributed by atoms with Gasteiger partial charge in [-0.25, -0.2) is 13.2 Å². The average molecular weight is 773 g/mol. The van der Waals surface area contributed by atoms with Crippen molar-refractivity contribution >= 4 is 45.6 Å². The topological polar surface area (TPSA) is 212 Å². The normalized spacial score (nSPS) is 13.6. The van der Waals surface area contributed by atoms with E-state index in [2.05, 4.69) is 21.3 Å². The van der Waals surface area contributed by atoms with Crippen LogP contribution in [0, 0.1) is 0 Å². The standard InChI is InChI=1S/C38H52N4O11S/c1-25(2)54(49,50)20-19-28(21-31(44)52-37(3,4)5)40-30(43)23-39-35(47)33(27-17-13-10-14-18-27)42-34(46)29(22-32(45)53-38(6,7)8)41-36(48)51-24-26-15-11-9-12-16-26/h9-20,25,28-29,33H,21-24H2,1-8H3,(H,39,47)(H,40,43)(H,41,48)(H,42,46)/b20-19+/t28-,29+,33+/m1/s1. The van der Waals surface area contributed by atoms with Gasteiger partial charge in [0.1, 0.15) is 29.9 Å². The Morgan fingerprint density at radius 1 is 0.722 bits per heavy atom. The molecule has 4 N–H and O–H groups in total.